The molecule has 1 aliphatic rings. The Hall–Kier alpha value is -0.870. The minimum atomic E-state index is -0.116. The first-order valence-corrected chi connectivity index (χ1v) is 7.12. The lowest BCUT2D eigenvalue weighted by Crippen LogP contribution is -2.44. The monoisotopic (exact) mass is 310 g/mol. The zero-order chi connectivity index (χ0) is 13.3. The van der Waals surface area contributed by atoms with Crippen molar-refractivity contribution in [2.24, 2.45) is 0 Å². The summed E-state index contributed by atoms with van der Waals surface area (Å²) in [5.41, 5.74) is 2.15. The maximum absolute atomic E-state index is 12.4. The van der Waals surface area contributed by atoms with Crippen LogP contribution < -0.4 is 10.2 Å². The lowest BCUT2D eigenvalue weighted by Gasteiger charge is -2.28. The van der Waals surface area contributed by atoms with Crippen LogP contribution in [0.25, 0.3) is 0 Å². The van der Waals surface area contributed by atoms with Crippen LogP contribution in [0.4, 0.5) is 5.69 Å². The van der Waals surface area contributed by atoms with Crippen LogP contribution in [0.5, 0.6) is 0 Å². The fourth-order valence-corrected chi connectivity index (χ4v) is 2.63. The van der Waals surface area contributed by atoms with E-state index in [0.29, 0.717) is 0 Å². The van der Waals surface area contributed by atoms with E-state index in [1.807, 2.05) is 36.9 Å². The van der Waals surface area contributed by atoms with Crippen molar-refractivity contribution in [3.63, 3.8) is 0 Å². The minimum Gasteiger partial charge on any atom is -0.308 e. The molecule has 18 heavy (non-hydrogen) atoms. The topological polar surface area (TPSA) is 32.3 Å². The summed E-state index contributed by atoms with van der Waals surface area (Å²) < 4.78 is 1.05. The Balaban J connectivity index is 2.38. The molecule has 2 rings (SSSR count). The predicted molar refractivity (Wildman–Crippen MR) is 77.9 cm³/mol. The van der Waals surface area contributed by atoms with Crippen molar-refractivity contribution in [1.29, 1.82) is 0 Å². The summed E-state index contributed by atoms with van der Waals surface area (Å²) in [6.07, 6.45) is 0.974. The number of nitrogens with one attached hydrogen (secondary N) is 1. The molecule has 0 aliphatic carbocycles. The van der Waals surface area contributed by atoms with Crippen molar-refractivity contribution in [3.05, 3.63) is 28.2 Å². The molecule has 2 atom stereocenters. The van der Waals surface area contributed by atoms with E-state index in [0.717, 1.165) is 23.1 Å². The molecule has 2 unspecified atom stereocenters. The van der Waals surface area contributed by atoms with Crippen molar-refractivity contribution >= 4 is 27.5 Å². The molecule has 0 saturated carbocycles. The van der Waals surface area contributed by atoms with Crippen molar-refractivity contribution in [2.45, 2.75) is 39.3 Å². The lowest BCUT2D eigenvalue weighted by molar-refractivity contribution is -0.120. The summed E-state index contributed by atoms with van der Waals surface area (Å²) in [5, 5.41) is 3.25. The molecule has 0 radical (unpaired) electrons. The second kappa shape index (κ2) is 5.41. The Morgan fingerprint density at radius 1 is 1.39 bits per heavy atom. The summed E-state index contributed by atoms with van der Waals surface area (Å²) in [4.78, 5) is 14.3. The predicted octanol–water partition coefficient (Wildman–Crippen LogP) is 2.86. The molecule has 1 fully saturated rings. The molecule has 1 aromatic rings. The number of anilines is 1. The Morgan fingerprint density at radius 2 is 2.11 bits per heavy atom. The molecule has 1 heterocycles. The fourth-order valence-electron chi connectivity index (χ4n) is 2.26. The van der Waals surface area contributed by atoms with Crippen LogP contribution in [-0.2, 0) is 4.79 Å². The van der Waals surface area contributed by atoms with Gasteiger partial charge in [-0.05, 0) is 51.4 Å². The molecular weight excluding hydrogens is 292 g/mol. The van der Waals surface area contributed by atoms with E-state index >= 15 is 0 Å². The number of amides is 1. The average molecular weight is 311 g/mol. The van der Waals surface area contributed by atoms with Gasteiger partial charge in [0.1, 0.15) is 0 Å². The van der Waals surface area contributed by atoms with E-state index in [2.05, 4.69) is 28.2 Å². The number of aryl methyl sites for hydroxylation is 1. The minimum absolute atomic E-state index is 0.116. The van der Waals surface area contributed by atoms with Gasteiger partial charge in [0.15, 0.2) is 0 Å². The van der Waals surface area contributed by atoms with E-state index in [4.69, 9.17) is 0 Å². The van der Waals surface area contributed by atoms with E-state index in [1.54, 1.807) is 0 Å². The zero-order valence-corrected chi connectivity index (χ0v) is 12.6. The fraction of sp³-hybridized carbons (Fsp3) is 0.500. The molecule has 1 N–H and O–H groups in total. The summed E-state index contributed by atoms with van der Waals surface area (Å²) >= 11 is 3.53. The van der Waals surface area contributed by atoms with Gasteiger partial charge in [0.25, 0.3) is 0 Å². The molecule has 3 nitrogen and oxygen atoms in total. The number of nitrogens with zero attached hydrogens (tertiary/aromatic N) is 1. The van der Waals surface area contributed by atoms with Gasteiger partial charge in [-0.1, -0.05) is 22.0 Å². The second-order valence-electron chi connectivity index (χ2n) is 4.96. The summed E-state index contributed by atoms with van der Waals surface area (Å²) in [6.45, 7) is 6.96. The molecule has 0 aromatic heterocycles. The van der Waals surface area contributed by atoms with Crippen LogP contribution in [-0.4, -0.2) is 24.5 Å². The van der Waals surface area contributed by atoms with Gasteiger partial charge in [0.2, 0.25) is 5.91 Å². The third kappa shape index (κ3) is 2.59. The summed E-state index contributed by atoms with van der Waals surface area (Å²) in [7, 11) is 0. The highest BCUT2D eigenvalue weighted by Crippen LogP contribution is 2.27. The first kappa shape index (κ1) is 13.6. The Labute approximate surface area is 117 Å². The molecule has 1 amide bonds. The van der Waals surface area contributed by atoms with Gasteiger partial charge in [0, 0.05) is 16.2 Å². The second-order valence-corrected chi connectivity index (χ2v) is 5.81. The Kier molecular flexibility index (Phi) is 4.07. The summed E-state index contributed by atoms with van der Waals surface area (Å²) in [6, 6.07) is 6.20. The Morgan fingerprint density at radius 3 is 2.78 bits per heavy atom. The number of hydrogen-bond donors (Lipinski definition) is 1. The number of carbonyl (C=O) groups is 1. The third-order valence-electron chi connectivity index (χ3n) is 3.49. The standard InChI is InChI=1S/C14H19BrN2O/c1-9-4-5-12(8-13(9)15)17-10(2)6-7-16-11(3)14(17)18/h4-5,8,10-11,16H,6-7H2,1-3H3. The van der Waals surface area contributed by atoms with Gasteiger partial charge in [-0.25, -0.2) is 0 Å². The van der Waals surface area contributed by atoms with Crippen LogP contribution >= 0.6 is 15.9 Å². The van der Waals surface area contributed by atoms with E-state index in [-0.39, 0.29) is 18.0 Å². The molecule has 4 heteroatoms. The largest absolute Gasteiger partial charge is 0.308 e. The van der Waals surface area contributed by atoms with Gasteiger partial charge >= 0.3 is 0 Å². The highest BCUT2D eigenvalue weighted by Gasteiger charge is 2.29. The average Bonchev–Trinajstić information content (AvgIpc) is 2.44. The van der Waals surface area contributed by atoms with Gasteiger partial charge in [-0.15, -0.1) is 0 Å². The first-order valence-electron chi connectivity index (χ1n) is 6.33. The number of benzene rings is 1. The van der Waals surface area contributed by atoms with Crippen molar-refractivity contribution < 1.29 is 4.79 Å². The molecule has 0 bridgehead atoms. The number of hydrogen-bond acceptors (Lipinski definition) is 2. The molecule has 1 aliphatic heterocycles. The van der Waals surface area contributed by atoms with E-state index in [1.165, 1.54) is 5.56 Å². The molecular formula is C14H19BrN2O. The van der Waals surface area contributed by atoms with E-state index < -0.39 is 0 Å². The number of halogens is 1. The van der Waals surface area contributed by atoms with Crippen molar-refractivity contribution in [2.75, 3.05) is 11.4 Å². The number of carbonyl (C=O) groups excluding carboxylic acids is 1. The zero-order valence-electron chi connectivity index (χ0n) is 11.0. The maximum Gasteiger partial charge on any atom is 0.244 e. The van der Waals surface area contributed by atoms with Gasteiger partial charge in [0.05, 0.1) is 6.04 Å². The Bertz CT molecular complexity index is 461. The van der Waals surface area contributed by atoms with Crippen LogP contribution in [0.3, 0.4) is 0 Å². The number of rotatable bonds is 1. The summed E-state index contributed by atoms with van der Waals surface area (Å²) in [5.74, 6) is 0.149. The molecule has 1 saturated heterocycles. The van der Waals surface area contributed by atoms with Crippen molar-refractivity contribution in [3.8, 4) is 0 Å². The van der Waals surface area contributed by atoms with Gasteiger partial charge < -0.3 is 10.2 Å². The normalized spacial score (nSPS) is 25.1. The molecule has 98 valence electrons. The molecule has 0 spiro atoms. The first-order chi connectivity index (χ1) is 8.50. The smallest absolute Gasteiger partial charge is 0.244 e. The van der Waals surface area contributed by atoms with E-state index in [9.17, 15) is 4.79 Å². The van der Waals surface area contributed by atoms with Crippen LogP contribution in [0, 0.1) is 6.92 Å². The SMILES string of the molecule is Cc1ccc(N2C(=O)C(C)NCCC2C)cc1Br. The van der Waals surface area contributed by atoms with Crippen LogP contribution in [0.15, 0.2) is 22.7 Å². The molecule has 1 aromatic carbocycles. The van der Waals surface area contributed by atoms with Crippen LogP contribution in [0.1, 0.15) is 25.8 Å². The van der Waals surface area contributed by atoms with Crippen LogP contribution in [0.2, 0.25) is 0 Å². The van der Waals surface area contributed by atoms with Crippen molar-refractivity contribution in [1.82, 2.24) is 5.32 Å². The maximum atomic E-state index is 12.4. The quantitative estimate of drug-likeness (QED) is 0.865. The highest BCUT2D eigenvalue weighted by molar-refractivity contribution is 9.10. The third-order valence-corrected chi connectivity index (χ3v) is 4.35. The van der Waals surface area contributed by atoms with Gasteiger partial charge in [-0.3, -0.25) is 4.79 Å². The lowest BCUT2D eigenvalue weighted by atomic mass is 10.1. The highest BCUT2D eigenvalue weighted by atomic mass is 79.9. The van der Waals surface area contributed by atoms with Gasteiger partial charge in [-0.2, -0.15) is 0 Å².